The van der Waals surface area contributed by atoms with Crippen LogP contribution in [-0.4, -0.2) is 36.6 Å². The molecule has 106 valence electrons. The number of aromatic nitrogens is 4. The quantitative estimate of drug-likeness (QED) is 0.852. The van der Waals surface area contributed by atoms with E-state index in [1.54, 1.807) is 6.20 Å². The van der Waals surface area contributed by atoms with E-state index in [2.05, 4.69) is 15.2 Å². The van der Waals surface area contributed by atoms with Gasteiger partial charge in [0, 0.05) is 23.5 Å². The van der Waals surface area contributed by atoms with Crippen LogP contribution in [0.3, 0.4) is 0 Å². The molecule has 0 fully saturated rings. The highest BCUT2D eigenvalue weighted by atomic mass is 32.2. The van der Waals surface area contributed by atoms with Gasteiger partial charge in [0.05, 0.1) is 5.75 Å². The molecule has 2 rings (SSSR count). The van der Waals surface area contributed by atoms with Gasteiger partial charge in [-0.1, -0.05) is 11.8 Å². The van der Waals surface area contributed by atoms with Crippen LogP contribution in [0, 0.1) is 6.92 Å². The summed E-state index contributed by atoms with van der Waals surface area (Å²) >= 11 is 1.17. The minimum absolute atomic E-state index is 0.0309. The van der Waals surface area contributed by atoms with Gasteiger partial charge in [0.25, 0.3) is 0 Å². The Kier molecular flexibility index (Phi) is 4.39. The van der Waals surface area contributed by atoms with E-state index >= 15 is 0 Å². The number of rotatable bonds is 5. The molecule has 0 saturated heterocycles. The van der Waals surface area contributed by atoms with E-state index in [1.807, 2.05) is 37.5 Å². The van der Waals surface area contributed by atoms with Crippen LogP contribution in [-0.2, 0) is 4.79 Å². The molecule has 0 aliphatic heterocycles. The molecule has 1 N–H and O–H groups in total. The normalized spacial score (nSPS) is 11.0. The van der Waals surface area contributed by atoms with Crippen molar-refractivity contribution < 1.29 is 9.90 Å². The Morgan fingerprint density at radius 1 is 1.45 bits per heavy atom. The summed E-state index contributed by atoms with van der Waals surface area (Å²) in [5.74, 6) is -0.178. The van der Waals surface area contributed by atoms with Gasteiger partial charge in [-0.25, -0.2) is 0 Å². The Labute approximate surface area is 121 Å². The van der Waals surface area contributed by atoms with Crippen molar-refractivity contribution in [2.24, 2.45) is 0 Å². The van der Waals surface area contributed by atoms with Crippen molar-refractivity contribution in [3.63, 3.8) is 0 Å². The Balaban J connectivity index is 2.44. The highest BCUT2D eigenvalue weighted by molar-refractivity contribution is 7.99. The zero-order chi connectivity index (χ0) is 14.7. The van der Waals surface area contributed by atoms with E-state index in [-0.39, 0.29) is 11.8 Å². The summed E-state index contributed by atoms with van der Waals surface area (Å²) in [7, 11) is 0. The molecule has 6 nitrogen and oxygen atoms in total. The van der Waals surface area contributed by atoms with Crippen LogP contribution in [0.15, 0.2) is 23.5 Å². The number of pyridine rings is 1. The van der Waals surface area contributed by atoms with Gasteiger partial charge < -0.3 is 5.11 Å². The number of carboxylic acid groups (broad SMARTS) is 1. The van der Waals surface area contributed by atoms with Crippen LogP contribution in [0.25, 0.3) is 11.4 Å². The highest BCUT2D eigenvalue weighted by Crippen LogP contribution is 2.28. The molecule has 2 aromatic heterocycles. The lowest BCUT2D eigenvalue weighted by Gasteiger charge is -2.14. The summed E-state index contributed by atoms with van der Waals surface area (Å²) in [4.78, 5) is 15.0. The van der Waals surface area contributed by atoms with Crippen LogP contribution in [0.1, 0.15) is 25.6 Å². The van der Waals surface area contributed by atoms with E-state index < -0.39 is 5.97 Å². The fourth-order valence-electron chi connectivity index (χ4n) is 1.87. The van der Waals surface area contributed by atoms with E-state index in [0.717, 1.165) is 17.1 Å². The first-order valence-electron chi connectivity index (χ1n) is 6.22. The number of nitrogens with zero attached hydrogens (tertiary/aromatic N) is 4. The second kappa shape index (κ2) is 6.04. The molecule has 2 aromatic rings. The second-order valence-corrected chi connectivity index (χ2v) is 5.53. The average Bonchev–Trinajstić information content (AvgIpc) is 2.80. The second-order valence-electron chi connectivity index (χ2n) is 4.59. The van der Waals surface area contributed by atoms with E-state index in [4.69, 9.17) is 5.11 Å². The standard InChI is InChI=1S/C13H16N4O2S/c1-8(2)17-12(10-5-4-6-14-9(10)3)15-16-13(17)20-7-11(18)19/h4-6,8H,7H2,1-3H3,(H,18,19). The molecule has 0 radical (unpaired) electrons. The Morgan fingerprint density at radius 3 is 2.80 bits per heavy atom. The molecule has 0 aliphatic carbocycles. The number of thioether (sulfide) groups is 1. The predicted molar refractivity (Wildman–Crippen MR) is 76.7 cm³/mol. The van der Waals surface area contributed by atoms with E-state index in [0.29, 0.717) is 5.16 Å². The van der Waals surface area contributed by atoms with Gasteiger partial charge in [0.15, 0.2) is 11.0 Å². The zero-order valence-corrected chi connectivity index (χ0v) is 12.4. The van der Waals surface area contributed by atoms with Gasteiger partial charge in [-0.2, -0.15) is 0 Å². The molecule has 2 heterocycles. The highest BCUT2D eigenvalue weighted by Gasteiger charge is 2.18. The third-order valence-corrected chi connectivity index (χ3v) is 3.68. The summed E-state index contributed by atoms with van der Waals surface area (Å²) in [6.07, 6.45) is 1.73. The first-order valence-corrected chi connectivity index (χ1v) is 7.20. The lowest BCUT2D eigenvalue weighted by molar-refractivity contribution is -0.133. The summed E-state index contributed by atoms with van der Waals surface area (Å²) in [5.41, 5.74) is 1.78. The number of aryl methyl sites for hydroxylation is 1. The lowest BCUT2D eigenvalue weighted by atomic mass is 10.2. The first-order chi connectivity index (χ1) is 9.50. The van der Waals surface area contributed by atoms with Crippen molar-refractivity contribution in [3.05, 3.63) is 24.0 Å². The Morgan fingerprint density at radius 2 is 2.20 bits per heavy atom. The summed E-state index contributed by atoms with van der Waals surface area (Å²) in [6.45, 7) is 5.95. The number of hydrogen-bond donors (Lipinski definition) is 1. The van der Waals surface area contributed by atoms with Crippen molar-refractivity contribution in [2.75, 3.05) is 5.75 Å². The van der Waals surface area contributed by atoms with Gasteiger partial charge in [-0.05, 0) is 32.9 Å². The largest absolute Gasteiger partial charge is 0.481 e. The predicted octanol–water partition coefficient (Wildman–Crippen LogP) is 2.41. The van der Waals surface area contributed by atoms with Crippen LogP contribution >= 0.6 is 11.8 Å². The zero-order valence-electron chi connectivity index (χ0n) is 11.6. The molecule has 0 amide bonds. The summed E-state index contributed by atoms with van der Waals surface area (Å²) < 4.78 is 1.94. The summed E-state index contributed by atoms with van der Waals surface area (Å²) in [6, 6.07) is 3.93. The Bertz CT molecular complexity index is 625. The van der Waals surface area contributed by atoms with Gasteiger partial charge in [0.1, 0.15) is 0 Å². The van der Waals surface area contributed by atoms with Gasteiger partial charge in [-0.15, -0.1) is 10.2 Å². The Hall–Kier alpha value is -1.89. The number of aliphatic carboxylic acids is 1. The van der Waals surface area contributed by atoms with Crippen LogP contribution in [0.2, 0.25) is 0 Å². The fourth-order valence-corrected chi connectivity index (χ4v) is 2.66. The van der Waals surface area contributed by atoms with Crippen LogP contribution in [0.4, 0.5) is 0 Å². The van der Waals surface area contributed by atoms with Crippen molar-refractivity contribution in [3.8, 4) is 11.4 Å². The SMILES string of the molecule is Cc1ncccc1-c1nnc(SCC(=O)O)n1C(C)C. The van der Waals surface area contributed by atoms with Crippen molar-refractivity contribution >= 4 is 17.7 Å². The third kappa shape index (κ3) is 2.98. The molecule has 20 heavy (non-hydrogen) atoms. The maximum atomic E-state index is 10.7. The number of hydrogen-bond acceptors (Lipinski definition) is 5. The number of carbonyl (C=O) groups is 1. The maximum Gasteiger partial charge on any atom is 0.313 e. The molecule has 0 aliphatic rings. The third-order valence-electron chi connectivity index (χ3n) is 2.75. The molecule has 0 saturated carbocycles. The lowest BCUT2D eigenvalue weighted by Crippen LogP contribution is -2.07. The topological polar surface area (TPSA) is 80.9 Å². The molecule has 0 aromatic carbocycles. The minimum atomic E-state index is -0.868. The smallest absolute Gasteiger partial charge is 0.313 e. The first kappa shape index (κ1) is 14.5. The maximum absolute atomic E-state index is 10.7. The molecule has 7 heteroatoms. The monoisotopic (exact) mass is 292 g/mol. The fraction of sp³-hybridized carbons (Fsp3) is 0.385. The van der Waals surface area contributed by atoms with Crippen molar-refractivity contribution in [1.29, 1.82) is 0 Å². The van der Waals surface area contributed by atoms with Crippen LogP contribution < -0.4 is 0 Å². The van der Waals surface area contributed by atoms with Gasteiger partial charge >= 0.3 is 5.97 Å². The minimum Gasteiger partial charge on any atom is -0.481 e. The molecule has 0 bridgehead atoms. The summed E-state index contributed by atoms with van der Waals surface area (Å²) in [5, 5.41) is 17.7. The average molecular weight is 292 g/mol. The van der Waals surface area contributed by atoms with Gasteiger partial charge in [-0.3, -0.25) is 14.3 Å². The van der Waals surface area contributed by atoms with E-state index in [9.17, 15) is 4.79 Å². The van der Waals surface area contributed by atoms with Crippen molar-refractivity contribution in [2.45, 2.75) is 32.0 Å². The molecule has 0 atom stereocenters. The van der Waals surface area contributed by atoms with Crippen molar-refractivity contribution in [1.82, 2.24) is 19.7 Å². The molecule has 0 spiro atoms. The van der Waals surface area contributed by atoms with Gasteiger partial charge in [0.2, 0.25) is 0 Å². The molecular formula is C13H16N4O2S. The van der Waals surface area contributed by atoms with E-state index in [1.165, 1.54) is 11.8 Å². The number of carboxylic acids is 1. The molecule has 0 unspecified atom stereocenters. The van der Waals surface area contributed by atoms with Crippen LogP contribution in [0.5, 0.6) is 0 Å². The molecular weight excluding hydrogens is 276 g/mol.